The molecule has 8 heteroatoms. The normalized spacial score (nSPS) is 22.7. The number of nitrogens with two attached hydrogens (primary N) is 1. The maximum absolute atomic E-state index is 13.3. The van der Waals surface area contributed by atoms with E-state index in [2.05, 4.69) is 0 Å². The van der Waals surface area contributed by atoms with Crippen LogP contribution in [0.5, 0.6) is 0 Å². The highest BCUT2D eigenvalue weighted by atomic mass is 19.4. The summed E-state index contributed by atoms with van der Waals surface area (Å²) in [7, 11) is 0. The zero-order chi connectivity index (χ0) is 16.7. The molecule has 0 aromatic heterocycles. The Bertz CT molecular complexity index is 555. The zero-order valence-corrected chi connectivity index (χ0v) is 11.7. The summed E-state index contributed by atoms with van der Waals surface area (Å²) in [5, 5.41) is 0. The Kier molecular flexibility index (Phi) is 4.16. The van der Waals surface area contributed by atoms with Gasteiger partial charge in [-0.25, -0.2) is 8.78 Å². The minimum Gasteiger partial charge on any atom is -0.332 e. The first-order valence-corrected chi connectivity index (χ1v) is 6.62. The molecule has 0 radical (unpaired) electrons. The van der Waals surface area contributed by atoms with Crippen LogP contribution in [0, 0.1) is 0 Å². The molecular weight excluding hydrogens is 307 g/mol. The predicted molar refractivity (Wildman–Crippen MR) is 69.1 cm³/mol. The predicted octanol–water partition coefficient (Wildman–Crippen LogP) is 2.96. The molecule has 0 spiro atoms. The summed E-state index contributed by atoms with van der Waals surface area (Å²) >= 11 is 0. The van der Waals surface area contributed by atoms with Crippen LogP contribution in [0.2, 0.25) is 0 Å². The smallest absolute Gasteiger partial charge is 0.332 e. The van der Waals surface area contributed by atoms with Crippen LogP contribution < -0.4 is 5.73 Å². The third-order valence-corrected chi connectivity index (χ3v) is 3.67. The molecule has 1 fully saturated rings. The van der Waals surface area contributed by atoms with Crippen molar-refractivity contribution >= 4 is 5.91 Å². The Morgan fingerprint density at radius 3 is 2.27 bits per heavy atom. The topological polar surface area (TPSA) is 46.3 Å². The number of rotatable bonds is 2. The van der Waals surface area contributed by atoms with Gasteiger partial charge in [0.1, 0.15) is 6.04 Å². The second-order valence-electron chi connectivity index (χ2n) is 5.47. The van der Waals surface area contributed by atoms with E-state index in [4.69, 9.17) is 5.73 Å². The fourth-order valence-electron chi connectivity index (χ4n) is 2.51. The number of halogens is 5. The first-order valence-electron chi connectivity index (χ1n) is 6.62. The average Bonchev–Trinajstić information content (AvgIpc) is 2.69. The van der Waals surface area contributed by atoms with Crippen molar-refractivity contribution < 1.29 is 26.7 Å². The number of alkyl halides is 5. The Balaban J connectivity index is 2.14. The molecule has 3 nitrogen and oxygen atoms in total. The number of carbonyl (C=O) groups is 1. The van der Waals surface area contributed by atoms with Crippen molar-refractivity contribution in [1.29, 1.82) is 0 Å². The summed E-state index contributed by atoms with van der Waals surface area (Å²) in [5.74, 6) is -3.68. The molecule has 0 bridgehead atoms. The molecular formula is C14H15F5N2O. The summed E-state index contributed by atoms with van der Waals surface area (Å²) < 4.78 is 64.0. The van der Waals surface area contributed by atoms with Crippen LogP contribution in [0.4, 0.5) is 22.0 Å². The van der Waals surface area contributed by atoms with E-state index in [1.807, 2.05) is 0 Å². The lowest BCUT2D eigenvalue weighted by Crippen LogP contribution is -2.41. The summed E-state index contributed by atoms with van der Waals surface area (Å²) in [5.41, 5.74) is 5.00. The molecule has 1 amide bonds. The standard InChI is InChI=1S/C14H15F5N2O/c1-8-6-13(15,16)7-21(8)12(22)11(20)9-2-4-10(5-3-9)14(17,18)19/h2-5,8,11H,6-7,20H2,1H3. The fraction of sp³-hybridized carbons (Fsp3) is 0.500. The molecule has 2 N–H and O–H groups in total. The van der Waals surface area contributed by atoms with E-state index >= 15 is 0 Å². The van der Waals surface area contributed by atoms with Crippen LogP contribution in [0.1, 0.15) is 30.5 Å². The average molecular weight is 322 g/mol. The quantitative estimate of drug-likeness (QED) is 0.851. The monoisotopic (exact) mass is 322 g/mol. The molecule has 22 heavy (non-hydrogen) atoms. The summed E-state index contributed by atoms with van der Waals surface area (Å²) in [4.78, 5) is 13.1. The molecule has 2 atom stereocenters. The van der Waals surface area contributed by atoms with Crippen LogP contribution in [0.15, 0.2) is 24.3 Å². The van der Waals surface area contributed by atoms with E-state index in [-0.39, 0.29) is 5.56 Å². The lowest BCUT2D eigenvalue weighted by atomic mass is 10.0. The molecule has 1 saturated heterocycles. The van der Waals surface area contributed by atoms with E-state index < -0.39 is 48.6 Å². The van der Waals surface area contributed by atoms with E-state index in [1.54, 1.807) is 0 Å². The highest BCUT2D eigenvalue weighted by Crippen LogP contribution is 2.34. The van der Waals surface area contributed by atoms with E-state index in [1.165, 1.54) is 6.92 Å². The summed E-state index contributed by atoms with van der Waals surface area (Å²) in [6.07, 6.45) is -4.93. The molecule has 1 heterocycles. The summed E-state index contributed by atoms with van der Waals surface area (Å²) in [6.45, 7) is 0.764. The van der Waals surface area contributed by atoms with Gasteiger partial charge in [0.15, 0.2) is 0 Å². The molecule has 1 aliphatic heterocycles. The van der Waals surface area contributed by atoms with Crippen LogP contribution >= 0.6 is 0 Å². The lowest BCUT2D eigenvalue weighted by Gasteiger charge is -2.24. The summed E-state index contributed by atoms with van der Waals surface area (Å²) in [6, 6.07) is 1.87. The minimum absolute atomic E-state index is 0.153. The highest BCUT2D eigenvalue weighted by Gasteiger charge is 2.46. The van der Waals surface area contributed by atoms with Gasteiger partial charge in [0.2, 0.25) is 5.91 Å². The maximum Gasteiger partial charge on any atom is 0.416 e. The maximum atomic E-state index is 13.3. The van der Waals surface area contributed by atoms with E-state index in [0.717, 1.165) is 29.2 Å². The van der Waals surface area contributed by atoms with Gasteiger partial charge < -0.3 is 10.6 Å². The Labute approximate surface area is 123 Å². The molecule has 0 aliphatic carbocycles. The third kappa shape index (κ3) is 3.37. The number of benzene rings is 1. The number of nitrogens with zero attached hydrogens (tertiary/aromatic N) is 1. The SMILES string of the molecule is CC1CC(F)(F)CN1C(=O)C(N)c1ccc(C(F)(F)F)cc1. The highest BCUT2D eigenvalue weighted by molar-refractivity contribution is 5.83. The van der Waals surface area contributed by atoms with Crippen LogP contribution in [-0.4, -0.2) is 29.3 Å². The van der Waals surface area contributed by atoms with Gasteiger partial charge in [-0.15, -0.1) is 0 Å². The number of carbonyl (C=O) groups excluding carboxylic acids is 1. The second kappa shape index (κ2) is 5.49. The van der Waals surface area contributed by atoms with Gasteiger partial charge in [-0.2, -0.15) is 13.2 Å². The Morgan fingerprint density at radius 2 is 1.86 bits per heavy atom. The van der Waals surface area contributed by atoms with E-state index in [0.29, 0.717) is 0 Å². The molecule has 1 aromatic rings. The molecule has 1 aliphatic rings. The van der Waals surface area contributed by atoms with Gasteiger partial charge in [-0.05, 0) is 24.6 Å². The van der Waals surface area contributed by atoms with Gasteiger partial charge in [0.25, 0.3) is 5.92 Å². The van der Waals surface area contributed by atoms with Crippen LogP contribution in [0.25, 0.3) is 0 Å². The largest absolute Gasteiger partial charge is 0.416 e. The molecule has 1 aromatic carbocycles. The van der Waals surface area contributed by atoms with Gasteiger partial charge >= 0.3 is 6.18 Å². The van der Waals surface area contributed by atoms with Crippen LogP contribution in [0.3, 0.4) is 0 Å². The van der Waals surface area contributed by atoms with Crippen molar-refractivity contribution in [2.24, 2.45) is 5.73 Å². The lowest BCUT2D eigenvalue weighted by molar-refractivity contribution is -0.137. The number of hydrogen-bond acceptors (Lipinski definition) is 2. The van der Waals surface area contributed by atoms with Crippen molar-refractivity contribution in [2.45, 2.75) is 37.5 Å². The molecule has 2 rings (SSSR count). The number of likely N-dealkylation sites (tertiary alicyclic amines) is 1. The van der Waals surface area contributed by atoms with Gasteiger partial charge in [0, 0.05) is 12.5 Å². The third-order valence-electron chi connectivity index (χ3n) is 3.67. The van der Waals surface area contributed by atoms with E-state index in [9.17, 15) is 26.7 Å². The van der Waals surface area contributed by atoms with Crippen LogP contribution in [-0.2, 0) is 11.0 Å². The minimum atomic E-state index is -4.49. The molecule has 122 valence electrons. The van der Waals surface area contributed by atoms with Crippen molar-refractivity contribution in [3.8, 4) is 0 Å². The van der Waals surface area contributed by atoms with Crippen molar-refractivity contribution in [1.82, 2.24) is 4.90 Å². The van der Waals surface area contributed by atoms with Crippen molar-refractivity contribution in [3.63, 3.8) is 0 Å². The van der Waals surface area contributed by atoms with Gasteiger partial charge in [-0.1, -0.05) is 12.1 Å². The first-order chi connectivity index (χ1) is 10.0. The molecule has 2 unspecified atom stereocenters. The van der Waals surface area contributed by atoms with Crippen molar-refractivity contribution in [2.75, 3.05) is 6.54 Å². The fourth-order valence-corrected chi connectivity index (χ4v) is 2.51. The number of hydrogen-bond donors (Lipinski definition) is 1. The second-order valence-corrected chi connectivity index (χ2v) is 5.47. The first kappa shape index (κ1) is 16.7. The Morgan fingerprint density at radius 1 is 1.32 bits per heavy atom. The van der Waals surface area contributed by atoms with Gasteiger partial charge in [0.05, 0.1) is 12.1 Å². The van der Waals surface area contributed by atoms with Crippen molar-refractivity contribution in [3.05, 3.63) is 35.4 Å². The number of amides is 1. The zero-order valence-electron chi connectivity index (χ0n) is 11.7. The molecule has 0 saturated carbocycles. The Hall–Kier alpha value is -1.70. The van der Waals surface area contributed by atoms with Gasteiger partial charge in [-0.3, -0.25) is 4.79 Å².